The SMILES string of the molecule is Cc1cc(C)cc([PH](=O)Cl)c1. The van der Waals surface area contributed by atoms with Gasteiger partial charge in [-0.2, -0.15) is 0 Å². The summed E-state index contributed by atoms with van der Waals surface area (Å²) in [4.78, 5) is 0. The first kappa shape index (κ1) is 8.83. The Hall–Kier alpha value is -0.260. The van der Waals surface area contributed by atoms with E-state index in [1.165, 1.54) is 0 Å². The van der Waals surface area contributed by atoms with Crippen molar-refractivity contribution in [1.82, 2.24) is 0 Å². The molecule has 1 atom stereocenters. The van der Waals surface area contributed by atoms with E-state index in [1.54, 1.807) is 0 Å². The van der Waals surface area contributed by atoms with Crippen LogP contribution in [0.3, 0.4) is 0 Å². The van der Waals surface area contributed by atoms with Crippen LogP contribution in [0.15, 0.2) is 18.2 Å². The lowest BCUT2D eigenvalue weighted by Crippen LogP contribution is -1.95. The monoisotopic (exact) mass is 188 g/mol. The molecule has 0 radical (unpaired) electrons. The molecule has 1 nitrogen and oxygen atoms in total. The molecule has 0 heterocycles. The first-order chi connectivity index (χ1) is 5.09. The fourth-order valence-electron chi connectivity index (χ4n) is 1.09. The predicted molar refractivity (Wildman–Crippen MR) is 50.4 cm³/mol. The van der Waals surface area contributed by atoms with E-state index < -0.39 is 7.15 Å². The van der Waals surface area contributed by atoms with E-state index in [-0.39, 0.29) is 0 Å². The molecule has 0 saturated heterocycles. The van der Waals surface area contributed by atoms with Gasteiger partial charge < -0.3 is 4.57 Å². The maximum Gasteiger partial charge on any atom is 0.186 e. The van der Waals surface area contributed by atoms with Crippen LogP contribution in [0, 0.1) is 13.8 Å². The number of aryl methyl sites for hydroxylation is 2. The quantitative estimate of drug-likeness (QED) is 0.620. The molecule has 0 fully saturated rings. The normalized spacial score (nSPS) is 13.0. The summed E-state index contributed by atoms with van der Waals surface area (Å²) < 4.78 is 10.9. The van der Waals surface area contributed by atoms with Crippen molar-refractivity contribution in [3.05, 3.63) is 29.3 Å². The molecule has 0 aromatic heterocycles. The van der Waals surface area contributed by atoms with Crippen LogP contribution in [0.25, 0.3) is 0 Å². The summed E-state index contributed by atoms with van der Waals surface area (Å²) in [5, 5.41) is 0.758. The summed E-state index contributed by atoms with van der Waals surface area (Å²) in [6.07, 6.45) is 0. The number of hydrogen-bond acceptors (Lipinski definition) is 1. The minimum absolute atomic E-state index is 0.758. The molecule has 0 N–H and O–H groups in total. The van der Waals surface area contributed by atoms with Gasteiger partial charge in [-0.3, -0.25) is 0 Å². The molecule has 1 aromatic carbocycles. The molecule has 1 aromatic rings. The van der Waals surface area contributed by atoms with E-state index in [0.29, 0.717) is 0 Å². The summed E-state index contributed by atoms with van der Waals surface area (Å²) >= 11 is 5.49. The fraction of sp³-hybridized carbons (Fsp3) is 0.250. The van der Waals surface area contributed by atoms with Crippen LogP contribution in [0.5, 0.6) is 0 Å². The molecule has 0 spiro atoms. The molecule has 1 unspecified atom stereocenters. The van der Waals surface area contributed by atoms with Crippen LogP contribution < -0.4 is 5.30 Å². The van der Waals surface area contributed by atoms with Crippen molar-refractivity contribution in [2.24, 2.45) is 0 Å². The van der Waals surface area contributed by atoms with Crippen LogP contribution >= 0.6 is 18.4 Å². The van der Waals surface area contributed by atoms with Gasteiger partial charge in [-0.1, -0.05) is 28.4 Å². The minimum atomic E-state index is -2.03. The Bertz CT molecular complexity index is 276. The Balaban J connectivity index is 3.19. The maximum atomic E-state index is 10.9. The second kappa shape index (κ2) is 3.42. The molecule has 0 bridgehead atoms. The molecule has 3 heteroatoms. The van der Waals surface area contributed by atoms with Crippen LogP contribution in [-0.4, -0.2) is 0 Å². The van der Waals surface area contributed by atoms with E-state index in [1.807, 2.05) is 32.0 Å². The zero-order chi connectivity index (χ0) is 8.43. The number of rotatable bonds is 1. The largest absolute Gasteiger partial charge is 0.305 e. The lowest BCUT2D eigenvalue weighted by molar-refractivity contribution is 0.600. The zero-order valence-electron chi connectivity index (χ0n) is 6.52. The summed E-state index contributed by atoms with van der Waals surface area (Å²) in [5.74, 6) is 0. The average Bonchev–Trinajstić information content (AvgIpc) is 1.85. The molecule has 0 aliphatic carbocycles. The third kappa shape index (κ3) is 2.36. The highest BCUT2D eigenvalue weighted by Crippen LogP contribution is 2.25. The van der Waals surface area contributed by atoms with E-state index in [2.05, 4.69) is 0 Å². The number of benzene rings is 1. The standard InChI is InChI=1S/C8H10ClOP/c1-6-3-7(2)5-8(4-6)11(9)10/h3-5,11H,1-2H3. The third-order valence-electron chi connectivity index (χ3n) is 1.45. The lowest BCUT2D eigenvalue weighted by atomic mass is 10.2. The van der Waals surface area contributed by atoms with Crippen molar-refractivity contribution in [3.63, 3.8) is 0 Å². The maximum absolute atomic E-state index is 10.9. The second-order valence-electron chi connectivity index (χ2n) is 2.65. The Morgan fingerprint density at radius 3 is 2.00 bits per heavy atom. The molecular formula is C8H10ClOP. The van der Waals surface area contributed by atoms with E-state index >= 15 is 0 Å². The van der Waals surface area contributed by atoms with Crippen molar-refractivity contribution in [2.45, 2.75) is 13.8 Å². The highest BCUT2D eigenvalue weighted by molar-refractivity contribution is 7.80. The Labute approximate surface area is 72.0 Å². The summed E-state index contributed by atoms with van der Waals surface area (Å²) in [6.45, 7) is 3.94. The molecule has 11 heavy (non-hydrogen) atoms. The van der Waals surface area contributed by atoms with Crippen molar-refractivity contribution >= 4 is 23.7 Å². The average molecular weight is 189 g/mol. The van der Waals surface area contributed by atoms with Crippen LogP contribution in [0.4, 0.5) is 0 Å². The van der Waals surface area contributed by atoms with Crippen molar-refractivity contribution in [3.8, 4) is 0 Å². The van der Waals surface area contributed by atoms with Crippen LogP contribution in [0.1, 0.15) is 11.1 Å². The van der Waals surface area contributed by atoms with Crippen molar-refractivity contribution in [1.29, 1.82) is 0 Å². The lowest BCUT2D eigenvalue weighted by Gasteiger charge is -1.99. The fourth-order valence-corrected chi connectivity index (χ4v) is 2.10. The summed E-state index contributed by atoms with van der Waals surface area (Å²) in [5.41, 5.74) is 2.22. The van der Waals surface area contributed by atoms with Gasteiger partial charge >= 0.3 is 0 Å². The molecule has 1 rings (SSSR count). The van der Waals surface area contributed by atoms with Gasteiger partial charge in [0.2, 0.25) is 0 Å². The smallest absolute Gasteiger partial charge is 0.186 e. The number of hydrogen-bond donors (Lipinski definition) is 0. The van der Waals surface area contributed by atoms with Gasteiger partial charge in [-0.05, 0) is 26.0 Å². The van der Waals surface area contributed by atoms with Gasteiger partial charge in [0.1, 0.15) is 0 Å². The van der Waals surface area contributed by atoms with Gasteiger partial charge in [0.25, 0.3) is 0 Å². The first-order valence-corrected chi connectivity index (χ1v) is 5.80. The highest BCUT2D eigenvalue weighted by atomic mass is 35.7. The Kier molecular flexibility index (Phi) is 2.75. The molecule has 0 saturated carbocycles. The van der Waals surface area contributed by atoms with Gasteiger partial charge in [0.05, 0.1) is 0 Å². The molecule has 60 valence electrons. The van der Waals surface area contributed by atoms with Crippen molar-refractivity contribution < 1.29 is 4.57 Å². The van der Waals surface area contributed by atoms with E-state index in [9.17, 15) is 4.57 Å². The molecule has 0 amide bonds. The van der Waals surface area contributed by atoms with Gasteiger partial charge in [0.15, 0.2) is 7.15 Å². The highest BCUT2D eigenvalue weighted by Gasteiger charge is 1.99. The zero-order valence-corrected chi connectivity index (χ0v) is 8.27. The van der Waals surface area contributed by atoms with E-state index in [0.717, 1.165) is 16.4 Å². The molecule has 0 aliphatic rings. The number of halogens is 1. The minimum Gasteiger partial charge on any atom is -0.305 e. The van der Waals surface area contributed by atoms with Gasteiger partial charge in [-0.25, -0.2) is 0 Å². The van der Waals surface area contributed by atoms with Gasteiger partial charge in [0, 0.05) is 5.30 Å². The van der Waals surface area contributed by atoms with E-state index in [4.69, 9.17) is 11.2 Å². The van der Waals surface area contributed by atoms with Gasteiger partial charge in [-0.15, -0.1) is 0 Å². The summed E-state index contributed by atoms with van der Waals surface area (Å²) in [7, 11) is -2.03. The van der Waals surface area contributed by atoms with Crippen molar-refractivity contribution in [2.75, 3.05) is 0 Å². The van der Waals surface area contributed by atoms with Crippen LogP contribution in [-0.2, 0) is 4.57 Å². The third-order valence-corrected chi connectivity index (χ3v) is 2.85. The Morgan fingerprint density at radius 1 is 1.18 bits per heavy atom. The van der Waals surface area contributed by atoms with Crippen LogP contribution in [0.2, 0.25) is 0 Å². The summed E-state index contributed by atoms with van der Waals surface area (Å²) in [6, 6.07) is 5.76. The molecule has 0 aliphatic heterocycles. The predicted octanol–water partition coefficient (Wildman–Crippen LogP) is 2.64. The second-order valence-corrected chi connectivity index (χ2v) is 4.80. The Morgan fingerprint density at radius 2 is 1.64 bits per heavy atom. The topological polar surface area (TPSA) is 17.1 Å². The first-order valence-electron chi connectivity index (χ1n) is 3.38. The molecular weight excluding hydrogens is 179 g/mol.